The summed E-state index contributed by atoms with van der Waals surface area (Å²) in [6, 6.07) is 1.48. The minimum Gasteiger partial charge on any atom is -0.465 e. The van der Waals surface area contributed by atoms with Gasteiger partial charge in [0.25, 0.3) is 5.56 Å². The molecule has 0 saturated carbocycles. The Balaban J connectivity index is 2.74. The molecule has 1 aromatic heterocycles. The number of aromatic amines is 1. The average molecular weight is 406 g/mol. The summed E-state index contributed by atoms with van der Waals surface area (Å²) in [7, 11) is -3.77. The molecular formula is C13H16BrN3O5S. The van der Waals surface area contributed by atoms with Gasteiger partial charge in [-0.1, -0.05) is 0 Å². The second-order valence-corrected chi connectivity index (χ2v) is 9.45. The summed E-state index contributed by atoms with van der Waals surface area (Å²) in [5.74, 6) is -0.615. The summed E-state index contributed by atoms with van der Waals surface area (Å²) < 4.78 is 24.3. The lowest BCUT2D eigenvalue weighted by Crippen LogP contribution is -2.57. The number of halogens is 1. The fourth-order valence-electron chi connectivity index (χ4n) is 2.39. The monoisotopic (exact) mass is 405 g/mol. The van der Waals surface area contributed by atoms with Crippen LogP contribution >= 0.6 is 15.9 Å². The zero-order valence-corrected chi connectivity index (χ0v) is 15.1. The zero-order chi connectivity index (χ0) is 17.6. The van der Waals surface area contributed by atoms with Crippen molar-refractivity contribution in [3.8, 4) is 0 Å². The highest BCUT2D eigenvalue weighted by molar-refractivity contribution is 9.10. The third-order valence-electron chi connectivity index (χ3n) is 3.85. The van der Waals surface area contributed by atoms with Gasteiger partial charge in [0.2, 0.25) is 0 Å². The van der Waals surface area contributed by atoms with E-state index in [0.29, 0.717) is 4.47 Å². The van der Waals surface area contributed by atoms with Crippen LogP contribution in [-0.2, 0) is 15.4 Å². The van der Waals surface area contributed by atoms with Crippen molar-refractivity contribution < 1.29 is 18.3 Å². The minimum absolute atomic E-state index is 0.135. The molecular weight excluding hydrogens is 390 g/mol. The van der Waals surface area contributed by atoms with E-state index in [1.807, 2.05) is 0 Å². The van der Waals surface area contributed by atoms with E-state index in [9.17, 15) is 18.0 Å². The number of sulfone groups is 1. The molecule has 1 aliphatic rings. The molecule has 1 amide bonds. The van der Waals surface area contributed by atoms with Crippen LogP contribution in [0.15, 0.2) is 26.5 Å². The maximum Gasteiger partial charge on any atom is 0.410 e. The van der Waals surface area contributed by atoms with Crippen LogP contribution in [0.4, 0.5) is 4.79 Å². The van der Waals surface area contributed by atoms with Gasteiger partial charge < -0.3 is 10.1 Å². The van der Waals surface area contributed by atoms with E-state index in [1.54, 1.807) is 0 Å². The van der Waals surface area contributed by atoms with Crippen molar-refractivity contribution in [2.45, 2.75) is 31.1 Å². The minimum atomic E-state index is -3.77. The topological polar surface area (TPSA) is 129 Å². The predicted octanol–water partition coefficient (Wildman–Crippen LogP) is 1.23. The van der Waals surface area contributed by atoms with Gasteiger partial charge in [-0.25, -0.2) is 13.2 Å². The molecule has 0 aliphatic carbocycles. The van der Waals surface area contributed by atoms with Crippen LogP contribution in [-0.4, -0.2) is 40.9 Å². The summed E-state index contributed by atoms with van der Waals surface area (Å²) in [6.07, 6.45) is 0.00997. The van der Waals surface area contributed by atoms with Gasteiger partial charge in [0.05, 0.1) is 5.75 Å². The van der Waals surface area contributed by atoms with Crippen LogP contribution in [0.25, 0.3) is 0 Å². The Morgan fingerprint density at radius 1 is 1.43 bits per heavy atom. The first-order valence-electron chi connectivity index (χ1n) is 6.60. The van der Waals surface area contributed by atoms with E-state index in [0.717, 1.165) is 0 Å². The van der Waals surface area contributed by atoms with Crippen molar-refractivity contribution in [3.05, 3.63) is 32.7 Å². The third kappa shape index (κ3) is 3.05. The summed E-state index contributed by atoms with van der Waals surface area (Å²) in [5.41, 5.74) is -1.75. The van der Waals surface area contributed by atoms with Gasteiger partial charge in [0, 0.05) is 16.2 Å². The van der Waals surface area contributed by atoms with Crippen LogP contribution < -0.4 is 10.9 Å². The zero-order valence-electron chi connectivity index (χ0n) is 12.7. The molecule has 3 N–H and O–H groups in total. The second-order valence-electron chi connectivity index (χ2n) is 5.99. The molecule has 0 radical (unpaired) electrons. The largest absolute Gasteiger partial charge is 0.465 e. The van der Waals surface area contributed by atoms with Gasteiger partial charge in [0.1, 0.15) is 16.1 Å². The number of hydrogen-bond acceptors (Lipinski definition) is 5. The number of H-pyrrole nitrogens is 1. The summed E-state index contributed by atoms with van der Waals surface area (Å²) in [6.45, 7) is 4.24. The first kappa shape index (κ1) is 17.7. The number of amides is 1. The van der Waals surface area contributed by atoms with Crippen molar-refractivity contribution >= 4 is 37.7 Å². The second kappa shape index (κ2) is 5.45. The molecule has 0 spiro atoms. The molecule has 0 bridgehead atoms. The highest BCUT2D eigenvalue weighted by Crippen LogP contribution is 2.36. The Bertz CT molecular complexity index is 859. The molecule has 0 fully saturated rings. The maximum absolute atomic E-state index is 12.6. The van der Waals surface area contributed by atoms with Gasteiger partial charge in [-0.3, -0.25) is 15.1 Å². The van der Waals surface area contributed by atoms with Crippen LogP contribution in [0.5, 0.6) is 0 Å². The Morgan fingerprint density at radius 2 is 2.04 bits per heavy atom. The molecule has 10 heteroatoms. The fourth-order valence-corrected chi connectivity index (χ4v) is 4.44. The number of hydrogen-bond donors (Lipinski definition) is 3. The molecule has 0 saturated heterocycles. The Hall–Kier alpha value is -1.68. The number of amidine groups is 1. The molecule has 126 valence electrons. The molecule has 1 aliphatic heterocycles. The van der Waals surface area contributed by atoms with Gasteiger partial charge in [0.15, 0.2) is 9.84 Å². The highest BCUT2D eigenvalue weighted by atomic mass is 79.9. The van der Waals surface area contributed by atoms with E-state index in [4.69, 9.17) is 5.11 Å². The lowest BCUT2D eigenvalue weighted by Gasteiger charge is -2.38. The number of aliphatic imine (C=N–C) groups is 1. The lowest BCUT2D eigenvalue weighted by molar-refractivity contribution is 0.199. The highest BCUT2D eigenvalue weighted by Gasteiger charge is 2.50. The number of carbonyl (C=O) groups is 1. The molecule has 2 rings (SSSR count). The van der Waals surface area contributed by atoms with Gasteiger partial charge >= 0.3 is 6.09 Å². The summed E-state index contributed by atoms with van der Waals surface area (Å²) >= 11 is 3.22. The Kier molecular flexibility index (Phi) is 4.18. The average Bonchev–Trinajstić information content (AvgIpc) is 2.38. The molecule has 23 heavy (non-hydrogen) atoms. The van der Waals surface area contributed by atoms with E-state index in [2.05, 4.69) is 31.2 Å². The van der Waals surface area contributed by atoms with Crippen LogP contribution in [0, 0.1) is 0 Å². The number of nitrogens with zero attached hydrogens (tertiary/aromatic N) is 1. The van der Waals surface area contributed by atoms with Crippen molar-refractivity contribution in [3.63, 3.8) is 0 Å². The van der Waals surface area contributed by atoms with E-state index >= 15 is 0 Å². The SMILES string of the molecule is CC1(c2cc(Br)c[nH]c2=O)CS(=O)(=O)C(C)(C)C(NC(=O)O)=N1. The molecule has 8 nitrogen and oxygen atoms in total. The maximum atomic E-state index is 12.6. The van der Waals surface area contributed by atoms with E-state index in [1.165, 1.54) is 33.0 Å². The van der Waals surface area contributed by atoms with E-state index < -0.39 is 37.5 Å². The number of carboxylic acid groups (broad SMARTS) is 1. The fraction of sp³-hybridized carbons (Fsp3) is 0.462. The summed E-state index contributed by atoms with van der Waals surface area (Å²) in [5, 5.41) is 11.0. The molecule has 1 aromatic rings. The van der Waals surface area contributed by atoms with Crippen molar-refractivity contribution in [2.24, 2.45) is 4.99 Å². The summed E-state index contributed by atoms with van der Waals surface area (Å²) in [4.78, 5) is 29.8. The first-order valence-corrected chi connectivity index (χ1v) is 9.05. The Labute approximate surface area is 141 Å². The van der Waals surface area contributed by atoms with E-state index in [-0.39, 0.29) is 11.4 Å². The Morgan fingerprint density at radius 3 is 2.61 bits per heavy atom. The van der Waals surface area contributed by atoms with Crippen molar-refractivity contribution in [1.29, 1.82) is 0 Å². The lowest BCUT2D eigenvalue weighted by atomic mass is 9.95. The normalized spacial score (nSPS) is 25.5. The van der Waals surface area contributed by atoms with Gasteiger partial charge in [-0.05, 0) is 42.8 Å². The van der Waals surface area contributed by atoms with Gasteiger partial charge in [-0.2, -0.15) is 0 Å². The van der Waals surface area contributed by atoms with Crippen LogP contribution in [0.2, 0.25) is 0 Å². The number of rotatable bonds is 1. The smallest absolute Gasteiger partial charge is 0.410 e. The number of pyridine rings is 1. The number of aromatic nitrogens is 1. The third-order valence-corrected chi connectivity index (χ3v) is 7.00. The van der Waals surface area contributed by atoms with Crippen LogP contribution in [0.1, 0.15) is 26.3 Å². The quantitative estimate of drug-likeness (QED) is 0.646. The van der Waals surface area contributed by atoms with Crippen molar-refractivity contribution in [1.82, 2.24) is 10.3 Å². The molecule has 1 atom stereocenters. The van der Waals surface area contributed by atoms with Crippen molar-refractivity contribution in [2.75, 3.05) is 5.75 Å². The van der Waals surface area contributed by atoms with Gasteiger partial charge in [-0.15, -0.1) is 0 Å². The standard InChI is InChI=1S/C13H16BrN3O5S/c1-12(2)10(16-11(19)20)17-13(3,6-23(12,21)22)8-4-7(14)5-15-9(8)18/h4-5H,6H2,1-3H3,(H,15,18)(H,16,17)(H,19,20). The predicted molar refractivity (Wildman–Crippen MR) is 88.6 cm³/mol. The molecule has 0 aromatic carbocycles. The number of nitrogens with one attached hydrogen (secondary N) is 2. The van der Waals surface area contributed by atoms with Crippen LogP contribution in [0.3, 0.4) is 0 Å². The molecule has 1 unspecified atom stereocenters. The molecule has 2 heterocycles. The first-order chi connectivity index (χ1) is 10.4.